The predicted octanol–water partition coefficient (Wildman–Crippen LogP) is 1.92. The first-order chi connectivity index (χ1) is 7.10. The van der Waals surface area contributed by atoms with Crippen LogP contribution in [0.5, 0.6) is 0 Å². The Balaban J connectivity index is 3.57. The highest BCUT2D eigenvalue weighted by atomic mass is 32.1. The molecule has 0 aliphatic rings. The Morgan fingerprint density at radius 1 is 1.40 bits per heavy atom. The quantitative estimate of drug-likeness (QED) is 0.519. The fourth-order valence-electron chi connectivity index (χ4n) is 1.37. The summed E-state index contributed by atoms with van der Waals surface area (Å²) in [4.78, 5) is 0. The highest BCUT2D eigenvalue weighted by molar-refractivity contribution is 7.80. The molecule has 0 spiro atoms. The Kier molecular flexibility index (Phi) is 8.71. The summed E-state index contributed by atoms with van der Waals surface area (Å²) in [5, 5.41) is 7.09. The predicted molar refractivity (Wildman–Crippen MR) is 69.1 cm³/mol. The van der Waals surface area contributed by atoms with E-state index in [0.717, 1.165) is 24.0 Å². The lowest BCUT2D eigenvalue weighted by Gasteiger charge is -2.19. The number of rotatable bonds is 7. The van der Waals surface area contributed by atoms with Gasteiger partial charge in [0.05, 0.1) is 6.61 Å². The second kappa shape index (κ2) is 8.92. The SMILES string of the molecule is CCC(C)CC(C)NC(=S)NCCOC. The average Bonchev–Trinajstić information content (AvgIpc) is 2.17. The van der Waals surface area contributed by atoms with Gasteiger partial charge in [-0.3, -0.25) is 0 Å². The van der Waals surface area contributed by atoms with Crippen LogP contribution in [-0.2, 0) is 4.74 Å². The summed E-state index contributed by atoms with van der Waals surface area (Å²) >= 11 is 5.15. The van der Waals surface area contributed by atoms with E-state index in [0.29, 0.717) is 12.6 Å². The van der Waals surface area contributed by atoms with Crippen molar-refractivity contribution in [1.82, 2.24) is 10.6 Å². The van der Waals surface area contributed by atoms with E-state index in [1.54, 1.807) is 7.11 Å². The van der Waals surface area contributed by atoms with Gasteiger partial charge in [0, 0.05) is 19.7 Å². The van der Waals surface area contributed by atoms with Crippen molar-refractivity contribution in [3.8, 4) is 0 Å². The maximum atomic E-state index is 5.15. The summed E-state index contributed by atoms with van der Waals surface area (Å²) in [7, 11) is 1.68. The molecule has 0 radical (unpaired) electrons. The Labute approximate surface area is 99.0 Å². The first-order valence-corrected chi connectivity index (χ1v) is 6.04. The van der Waals surface area contributed by atoms with E-state index in [4.69, 9.17) is 17.0 Å². The molecule has 2 N–H and O–H groups in total. The third-order valence-corrected chi connectivity index (χ3v) is 2.68. The summed E-state index contributed by atoms with van der Waals surface area (Å²) in [6.07, 6.45) is 2.37. The zero-order chi connectivity index (χ0) is 11.7. The van der Waals surface area contributed by atoms with Crippen LogP contribution in [-0.4, -0.2) is 31.4 Å². The third kappa shape index (κ3) is 8.63. The van der Waals surface area contributed by atoms with E-state index < -0.39 is 0 Å². The summed E-state index contributed by atoms with van der Waals surface area (Å²) < 4.78 is 4.93. The van der Waals surface area contributed by atoms with Gasteiger partial charge in [0.2, 0.25) is 0 Å². The van der Waals surface area contributed by atoms with Crippen molar-refractivity contribution in [1.29, 1.82) is 0 Å². The van der Waals surface area contributed by atoms with Crippen molar-refractivity contribution in [3.05, 3.63) is 0 Å². The van der Waals surface area contributed by atoms with Crippen molar-refractivity contribution in [2.45, 2.75) is 39.7 Å². The normalized spacial score (nSPS) is 14.4. The standard InChI is InChI=1S/C11H24N2OS/c1-5-9(2)8-10(3)13-11(15)12-6-7-14-4/h9-10H,5-8H2,1-4H3,(H2,12,13,15). The van der Waals surface area contributed by atoms with Crippen LogP contribution < -0.4 is 10.6 Å². The highest BCUT2D eigenvalue weighted by Gasteiger charge is 2.07. The van der Waals surface area contributed by atoms with Crippen molar-refractivity contribution >= 4 is 17.3 Å². The van der Waals surface area contributed by atoms with E-state index in [1.807, 2.05) is 0 Å². The smallest absolute Gasteiger partial charge is 0.166 e. The topological polar surface area (TPSA) is 33.3 Å². The molecule has 0 saturated heterocycles. The zero-order valence-corrected chi connectivity index (χ0v) is 11.1. The molecule has 0 rings (SSSR count). The van der Waals surface area contributed by atoms with Crippen molar-refractivity contribution in [2.75, 3.05) is 20.3 Å². The van der Waals surface area contributed by atoms with Gasteiger partial charge in [0.1, 0.15) is 0 Å². The maximum Gasteiger partial charge on any atom is 0.166 e. The molecule has 90 valence electrons. The molecule has 0 fully saturated rings. The van der Waals surface area contributed by atoms with Gasteiger partial charge in [-0.15, -0.1) is 0 Å². The van der Waals surface area contributed by atoms with Gasteiger partial charge in [-0.05, 0) is 31.5 Å². The number of thiocarbonyl (C=S) groups is 1. The summed E-state index contributed by atoms with van der Waals surface area (Å²) in [5.41, 5.74) is 0. The Morgan fingerprint density at radius 3 is 2.60 bits per heavy atom. The molecule has 4 heteroatoms. The fraction of sp³-hybridized carbons (Fsp3) is 0.909. The van der Waals surface area contributed by atoms with Gasteiger partial charge in [-0.1, -0.05) is 20.3 Å². The Hall–Kier alpha value is -0.350. The molecule has 0 amide bonds. The first kappa shape index (κ1) is 14.6. The largest absolute Gasteiger partial charge is 0.383 e. The minimum Gasteiger partial charge on any atom is -0.383 e. The number of nitrogens with one attached hydrogen (secondary N) is 2. The molecule has 0 bridgehead atoms. The third-order valence-electron chi connectivity index (χ3n) is 2.42. The number of ether oxygens (including phenoxy) is 1. The van der Waals surface area contributed by atoms with E-state index in [9.17, 15) is 0 Å². The summed E-state index contributed by atoms with van der Waals surface area (Å²) in [6, 6.07) is 0.433. The number of hydrogen-bond acceptors (Lipinski definition) is 2. The van der Waals surface area contributed by atoms with Crippen LogP contribution >= 0.6 is 12.2 Å². The van der Waals surface area contributed by atoms with Crippen molar-refractivity contribution in [3.63, 3.8) is 0 Å². The molecular formula is C11H24N2OS. The van der Waals surface area contributed by atoms with Crippen LogP contribution in [0.15, 0.2) is 0 Å². The van der Waals surface area contributed by atoms with Crippen LogP contribution in [0.1, 0.15) is 33.6 Å². The summed E-state index contributed by atoms with van der Waals surface area (Å²) in [6.45, 7) is 8.09. The van der Waals surface area contributed by atoms with Crippen LogP contribution in [0.2, 0.25) is 0 Å². The molecule has 2 unspecified atom stereocenters. The lowest BCUT2D eigenvalue weighted by atomic mass is 10.0. The molecule has 0 aromatic heterocycles. The minimum atomic E-state index is 0.433. The second-order valence-corrected chi connectivity index (χ2v) is 4.45. The lowest BCUT2D eigenvalue weighted by Crippen LogP contribution is -2.42. The van der Waals surface area contributed by atoms with Crippen LogP contribution in [0.3, 0.4) is 0 Å². The van der Waals surface area contributed by atoms with E-state index in [1.165, 1.54) is 6.42 Å². The van der Waals surface area contributed by atoms with Crippen LogP contribution in [0.4, 0.5) is 0 Å². The molecule has 0 aromatic carbocycles. The maximum absolute atomic E-state index is 5.15. The van der Waals surface area contributed by atoms with Gasteiger partial charge < -0.3 is 15.4 Å². The van der Waals surface area contributed by atoms with Gasteiger partial charge >= 0.3 is 0 Å². The zero-order valence-electron chi connectivity index (χ0n) is 10.3. The van der Waals surface area contributed by atoms with Crippen LogP contribution in [0, 0.1) is 5.92 Å². The molecule has 15 heavy (non-hydrogen) atoms. The van der Waals surface area contributed by atoms with E-state index >= 15 is 0 Å². The monoisotopic (exact) mass is 232 g/mol. The second-order valence-electron chi connectivity index (χ2n) is 4.04. The first-order valence-electron chi connectivity index (χ1n) is 5.63. The fourth-order valence-corrected chi connectivity index (χ4v) is 1.67. The molecule has 0 aliphatic carbocycles. The number of hydrogen-bond donors (Lipinski definition) is 2. The van der Waals surface area contributed by atoms with E-state index in [-0.39, 0.29) is 0 Å². The molecule has 0 aromatic rings. The van der Waals surface area contributed by atoms with E-state index in [2.05, 4.69) is 31.4 Å². The number of methoxy groups -OCH3 is 1. The summed E-state index contributed by atoms with van der Waals surface area (Å²) in [5.74, 6) is 0.745. The molecule has 0 heterocycles. The Morgan fingerprint density at radius 2 is 2.07 bits per heavy atom. The molecule has 3 nitrogen and oxygen atoms in total. The lowest BCUT2D eigenvalue weighted by molar-refractivity contribution is 0.203. The van der Waals surface area contributed by atoms with Gasteiger partial charge in [0.15, 0.2) is 5.11 Å². The molecule has 0 saturated carbocycles. The van der Waals surface area contributed by atoms with Crippen molar-refractivity contribution in [2.24, 2.45) is 5.92 Å². The molecule has 0 aliphatic heterocycles. The van der Waals surface area contributed by atoms with Gasteiger partial charge in [-0.25, -0.2) is 0 Å². The average molecular weight is 232 g/mol. The minimum absolute atomic E-state index is 0.433. The van der Waals surface area contributed by atoms with Gasteiger partial charge in [0.25, 0.3) is 0 Å². The molecular weight excluding hydrogens is 208 g/mol. The van der Waals surface area contributed by atoms with Gasteiger partial charge in [-0.2, -0.15) is 0 Å². The van der Waals surface area contributed by atoms with Crippen LogP contribution in [0.25, 0.3) is 0 Å². The van der Waals surface area contributed by atoms with Crippen molar-refractivity contribution < 1.29 is 4.74 Å². The Bertz CT molecular complexity index is 176. The molecule has 2 atom stereocenters. The highest BCUT2D eigenvalue weighted by Crippen LogP contribution is 2.08.